The average molecular weight is 512 g/mol. The van der Waals surface area contributed by atoms with Gasteiger partial charge in [-0.05, 0) is 66.9 Å². The topological polar surface area (TPSA) is 44.4 Å². The van der Waals surface area contributed by atoms with Crippen LogP contribution in [0.4, 0.5) is 40.3 Å². The second-order valence-corrected chi connectivity index (χ2v) is 8.37. The summed E-state index contributed by atoms with van der Waals surface area (Å²) < 4.78 is 54.4. The molecule has 194 valence electrons. The molecule has 0 saturated carbocycles. The van der Waals surface area contributed by atoms with E-state index in [1.807, 2.05) is 55.1 Å². The Kier molecular flexibility index (Phi) is 9.11. The minimum Gasteiger partial charge on any atom is -0.351 e. The Bertz CT molecular complexity index is 1270. The number of rotatable bonds is 10. The van der Waals surface area contributed by atoms with E-state index in [2.05, 4.69) is 17.2 Å². The molecule has 8 heteroatoms. The molecule has 0 radical (unpaired) electrons. The Balaban J connectivity index is 1.95. The number of benzene rings is 3. The van der Waals surface area contributed by atoms with Gasteiger partial charge in [0.15, 0.2) is 0 Å². The van der Waals surface area contributed by atoms with Gasteiger partial charge in [-0.3, -0.25) is 4.79 Å². The third-order valence-electron chi connectivity index (χ3n) is 5.57. The van der Waals surface area contributed by atoms with Crippen molar-refractivity contribution >= 4 is 28.7 Å². The number of aryl methyl sites for hydroxylation is 1. The zero-order valence-electron chi connectivity index (χ0n) is 20.7. The Morgan fingerprint density at radius 3 is 2.32 bits per heavy atom. The SMILES string of the molecule is C=C(/C=C(\Nc1cccc(CC)c1)C(=O)Nc1cc(N(CCC)c2ccccc2)ccc1F)C(F)(F)F. The van der Waals surface area contributed by atoms with Crippen LogP contribution in [0, 0.1) is 5.82 Å². The van der Waals surface area contributed by atoms with Crippen LogP contribution >= 0.6 is 0 Å². The van der Waals surface area contributed by atoms with Crippen molar-refractivity contribution in [1.82, 2.24) is 0 Å². The number of alkyl halides is 3. The molecule has 37 heavy (non-hydrogen) atoms. The van der Waals surface area contributed by atoms with Crippen molar-refractivity contribution < 1.29 is 22.4 Å². The van der Waals surface area contributed by atoms with Gasteiger partial charge in [-0.25, -0.2) is 4.39 Å². The fraction of sp³-hybridized carbons (Fsp3) is 0.207. The van der Waals surface area contributed by atoms with Crippen molar-refractivity contribution in [2.75, 3.05) is 22.1 Å². The lowest BCUT2D eigenvalue weighted by atomic mass is 10.1. The molecule has 0 fully saturated rings. The van der Waals surface area contributed by atoms with Crippen molar-refractivity contribution in [3.8, 4) is 0 Å². The second kappa shape index (κ2) is 12.3. The maximum absolute atomic E-state index is 14.8. The van der Waals surface area contributed by atoms with Crippen molar-refractivity contribution in [3.63, 3.8) is 0 Å². The van der Waals surface area contributed by atoms with E-state index in [-0.39, 0.29) is 5.69 Å². The molecule has 0 aromatic heterocycles. The third kappa shape index (κ3) is 7.46. The van der Waals surface area contributed by atoms with E-state index in [1.165, 1.54) is 12.1 Å². The molecule has 0 heterocycles. The fourth-order valence-electron chi connectivity index (χ4n) is 3.64. The summed E-state index contributed by atoms with van der Waals surface area (Å²) in [7, 11) is 0. The third-order valence-corrected chi connectivity index (χ3v) is 5.57. The molecule has 3 aromatic rings. The molecule has 0 unspecified atom stereocenters. The summed E-state index contributed by atoms with van der Waals surface area (Å²) in [6, 6.07) is 20.7. The van der Waals surface area contributed by atoms with Gasteiger partial charge in [0.25, 0.3) is 5.91 Å². The van der Waals surface area contributed by atoms with Crippen molar-refractivity contribution in [2.24, 2.45) is 0 Å². The predicted octanol–water partition coefficient (Wildman–Crippen LogP) is 7.99. The maximum Gasteiger partial charge on any atom is 0.415 e. The van der Waals surface area contributed by atoms with Gasteiger partial charge in [0.2, 0.25) is 0 Å². The summed E-state index contributed by atoms with van der Waals surface area (Å²) in [4.78, 5) is 15.1. The first-order chi connectivity index (χ1) is 17.6. The monoisotopic (exact) mass is 511 g/mol. The minimum atomic E-state index is -4.74. The summed E-state index contributed by atoms with van der Waals surface area (Å²) in [5, 5.41) is 5.16. The summed E-state index contributed by atoms with van der Waals surface area (Å²) >= 11 is 0. The highest BCUT2D eigenvalue weighted by molar-refractivity contribution is 6.06. The van der Waals surface area contributed by atoms with Crippen molar-refractivity contribution in [1.29, 1.82) is 0 Å². The number of carbonyl (C=O) groups is 1. The van der Waals surface area contributed by atoms with Crippen LogP contribution in [0.15, 0.2) is 96.7 Å². The smallest absolute Gasteiger partial charge is 0.351 e. The van der Waals surface area contributed by atoms with Gasteiger partial charge >= 0.3 is 6.18 Å². The molecular weight excluding hydrogens is 482 g/mol. The lowest BCUT2D eigenvalue weighted by Crippen LogP contribution is -2.23. The van der Waals surface area contributed by atoms with E-state index in [9.17, 15) is 22.4 Å². The first-order valence-electron chi connectivity index (χ1n) is 11.9. The summed E-state index contributed by atoms with van der Waals surface area (Å²) in [6.45, 7) is 7.61. The molecule has 0 aliphatic heterocycles. The standard InChI is InChI=1S/C29H29F4N3O/c1-4-16-36(23-12-7-6-8-13-23)24-14-15-25(30)26(19-24)35-28(37)27(17-20(3)29(31,32)33)34-22-11-9-10-21(5-2)18-22/h6-15,17-19,34H,3-5,16H2,1-2H3,(H,35,37)/b27-17-. The number of para-hydroxylation sites is 1. The minimum absolute atomic E-state index is 0.160. The molecular formula is C29H29F4N3O. The normalized spacial score (nSPS) is 11.7. The van der Waals surface area contributed by atoms with Crippen LogP contribution in [0.5, 0.6) is 0 Å². The summed E-state index contributed by atoms with van der Waals surface area (Å²) in [5.41, 5.74) is 1.05. The Hall–Kier alpha value is -4.07. The van der Waals surface area contributed by atoms with E-state index in [0.29, 0.717) is 30.4 Å². The molecule has 0 saturated heterocycles. The van der Waals surface area contributed by atoms with Gasteiger partial charge < -0.3 is 15.5 Å². The number of nitrogens with zero attached hydrogens (tertiary/aromatic N) is 1. The fourth-order valence-corrected chi connectivity index (χ4v) is 3.64. The molecule has 0 spiro atoms. The number of allylic oxidation sites excluding steroid dienone is 2. The molecule has 3 rings (SSSR count). The van der Waals surface area contributed by atoms with Gasteiger partial charge in [-0.1, -0.05) is 50.8 Å². The van der Waals surface area contributed by atoms with E-state index in [4.69, 9.17) is 0 Å². The lowest BCUT2D eigenvalue weighted by Gasteiger charge is -2.25. The molecule has 1 amide bonds. The largest absolute Gasteiger partial charge is 0.415 e. The van der Waals surface area contributed by atoms with E-state index >= 15 is 0 Å². The molecule has 4 nitrogen and oxygen atoms in total. The van der Waals surface area contributed by atoms with Crippen LogP contribution in [0.2, 0.25) is 0 Å². The number of amides is 1. The van der Waals surface area contributed by atoms with Crippen LogP contribution in [0.1, 0.15) is 25.8 Å². The van der Waals surface area contributed by atoms with Crippen molar-refractivity contribution in [3.05, 3.63) is 108 Å². The van der Waals surface area contributed by atoms with Gasteiger partial charge in [-0.15, -0.1) is 0 Å². The van der Waals surface area contributed by atoms with Crippen LogP contribution in [-0.2, 0) is 11.2 Å². The maximum atomic E-state index is 14.8. The Morgan fingerprint density at radius 1 is 0.946 bits per heavy atom. The molecule has 3 aromatic carbocycles. The average Bonchev–Trinajstić information content (AvgIpc) is 2.88. The highest BCUT2D eigenvalue weighted by Gasteiger charge is 2.31. The predicted molar refractivity (Wildman–Crippen MR) is 141 cm³/mol. The molecule has 2 N–H and O–H groups in total. The van der Waals surface area contributed by atoms with E-state index in [0.717, 1.165) is 17.7 Å². The van der Waals surface area contributed by atoms with Gasteiger partial charge in [0, 0.05) is 23.6 Å². The number of anilines is 4. The van der Waals surface area contributed by atoms with Gasteiger partial charge in [0.1, 0.15) is 11.5 Å². The van der Waals surface area contributed by atoms with Crippen LogP contribution in [0.25, 0.3) is 0 Å². The van der Waals surface area contributed by atoms with Crippen LogP contribution in [-0.4, -0.2) is 18.6 Å². The number of hydrogen-bond acceptors (Lipinski definition) is 3. The second-order valence-electron chi connectivity index (χ2n) is 8.37. The first kappa shape index (κ1) is 27.5. The Labute approximate surface area is 214 Å². The lowest BCUT2D eigenvalue weighted by molar-refractivity contribution is -0.112. The zero-order chi connectivity index (χ0) is 27.0. The Morgan fingerprint density at radius 2 is 1.68 bits per heavy atom. The number of carbonyl (C=O) groups excluding carboxylic acids is 1. The molecule has 0 aliphatic carbocycles. The number of hydrogen-bond donors (Lipinski definition) is 2. The number of nitrogens with one attached hydrogen (secondary N) is 2. The molecule has 0 aliphatic rings. The molecule has 0 bridgehead atoms. The van der Waals surface area contributed by atoms with Crippen LogP contribution < -0.4 is 15.5 Å². The van der Waals surface area contributed by atoms with Crippen molar-refractivity contribution in [2.45, 2.75) is 32.9 Å². The van der Waals surface area contributed by atoms with E-state index in [1.54, 1.807) is 24.3 Å². The zero-order valence-corrected chi connectivity index (χ0v) is 20.7. The van der Waals surface area contributed by atoms with Crippen LogP contribution in [0.3, 0.4) is 0 Å². The van der Waals surface area contributed by atoms with E-state index < -0.39 is 29.2 Å². The van der Waals surface area contributed by atoms with Gasteiger partial charge in [-0.2, -0.15) is 13.2 Å². The quantitative estimate of drug-likeness (QED) is 0.165. The summed E-state index contributed by atoms with van der Waals surface area (Å²) in [5.74, 6) is -1.66. The number of halogens is 4. The highest BCUT2D eigenvalue weighted by atomic mass is 19.4. The highest BCUT2D eigenvalue weighted by Crippen LogP contribution is 2.30. The summed E-state index contributed by atoms with van der Waals surface area (Å²) in [6.07, 6.45) is -2.62. The molecule has 0 atom stereocenters. The first-order valence-corrected chi connectivity index (χ1v) is 11.9. The van der Waals surface area contributed by atoms with Gasteiger partial charge in [0.05, 0.1) is 11.3 Å².